The van der Waals surface area contributed by atoms with Crippen molar-refractivity contribution in [2.45, 2.75) is 58.0 Å². The van der Waals surface area contributed by atoms with Gasteiger partial charge in [-0.05, 0) is 83.8 Å². The normalized spacial score (nSPS) is 15.3. The molecule has 1 aliphatic heterocycles. The highest BCUT2D eigenvalue weighted by molar-refractivity contribution is 5.98. The fourth-order valence-electron chi connectivity index (χ4n) is 5.86. The molecule has 8 nitrogen and oxygen atoms in total. The van der Waals surface area contributed by atoms with Gasteiger partial charge in [-0.3, -0.25) is 14.4 Å². The van der Waals surface area contributed by atoms with Crippen molar-refractivity contribution in [2.75, 3.05) is 18.4 Å². The number of aromatic nitrogens is 1. The number of carbonyl (C=O) groups excluding carboxylic acids is 2. The van der Waals surface area contributed by atoms with Gasteiger partial charge in [0.05, 0.1) is 12.5 Å². The minimum absolute atomic E-state index is 0.0684. The van der Waals surface area contributed by atoms with E-state index in [1.165, 1.54) is 10.9 Å². The topological polar surface area (TPSA) is 112 Å². The number of anilines is 1. The molecule has 0 unspecified atom stereocenters. The average molecular weight is 579 g/mol. The molecule has 1 fully saturated rings. The highest BCUT2D eigenvalue weighted by Crippen LogP contribution is 2.32. The van der Waals surface area contributed by atoms with E-state index in [9.17, 15) is 19.5 Å². The summed E-state index contributed by atoms with van der Waals surface area (Å²) in [6.07, 6.45) is 3.71. The van der Waals surface area contributed by atoms with Crippen molar-refractivity contribution in [3.8, 4) is 11.1 Å². The van der Waals surface area contributed by atoms with Gasteiger partial charge < -0.3 is 20.6 Å². The lowest BCUT2D eigenvalue weighted by molar-refractivity contribution is -0.140. The summed E-state index contributed by atoms with van der Waals surface area (Å²) in [5, 5.41) is 18.2. The Morgan fingerprint density at radius 1 is 1.00 bits per heavy atom. The van der Waals surface area contributed by atoms with Crippen molar-refractivity contribution in [1.82, 2.24) is 15.2 Å². The van der Waals surface area contributed by atoms with Crippen molar-refractivity contribution in [3.05, 3.63) is 95.7 Å². The predicted octanol–water partition coefficient (Wildman–Crippen LogP) is 6.03. The van der Waals surface area contributed by atoms with Crippen LogP contribution in [0.2, 0.25) is 0 Å². The number of fused-ring (bicyclic) bond motifs is 1. The summed E-state index contributed by atoms with van der Waals surface area (Å²) in [7, 11) is 0. The van der Waals surface area contributed by atoms with Crippen molar-refractivity contribution >= 4 is 34.4 Å². The molecule has 222 valence electrons. The lowest BCUT2D eigenvalue weighted by Gasteiger charge is -2.26. The van der Waals surface area contributed by atoms with Gasteiger partial charge in [0, 0.05) is 25.7 Å². The molecule has 1 aliphatic rings. The van der Waals surface area contributed by atoms with Crippen LogP contribution in [0.5, 0.6) is 0 Å². The van der Waals surface area contributed by atoms with Crippen LogP contribution in [0.3, 0.4) is 0 Å². The lowest BCUT2D eigenvalue weighted by atomic mass is 9.94. The van der Waals surface area contributed by atoms with Crippen molar-refractivity contribution < 1.29 is 19.5 Å². The maximum absolute atomic E-state index is 13.4. The third kappa shape index (κ3) is 7.20. The monoisotopic (exact) mass is 578 g/mol. The van der Waals surface area contributed by atoms with E-state index in [2.05, 4.69) is 46.8 Å². The van der Waals surface area contributed by atoms with Crippen LogP contribution < -0.4 is 10.6 Å². The summed E-state index contributed by atoms with van der Waals surface area (Å²) in [5.74, 6) is -0.613. The van der Waals surface area contributed by atoms with Crippen LogP contribution in [0.4, 0.5) is 5.82 Å². The third-order valence-electron chi connectivity index (χ3n) is 8.13. The van der Waals surface area contributed by atoms with Crippen LogP contribution in [0, 0.1) is 13.8 Å². The van der Waals surface area contributed by atoms with Gasteiger partial charge in [0.1, 0.15) is 11.9 Å². The minimum atomic E-state index is -1.01. The Kier molecular flexibility index (Phi) is 9.35. The Bertz CT molecular complexity index is 1620. The number of nitrogens with zero attached hydrogens (tertiary/aromatic N) is 2. The van der Waals surface area contributed by atoms with E-state index in [4.69, 9.17) is 0 Å². The SMILES string of the molecule is Cc1ccnc(NCCCC(=O)N2CCC[C@H]2C(=O)N[C@@H](CC(=O)O)c2ccc(-c3ccc(C)c4ccccc34)cc2)c1. The summed E-state index contributed by atoms with van der Waals surface area (Å²) in [5.41, 5.74) is 5.13. The Morgan fingerprint density at radius 3 is 2.51 bits per heavy atom. The van der Waals surface area contributed by atoms with Crippen molar-refractivity contribution in [2.24, 2.45) is 0 Å². The van der Waals surface area contributed by atoms with E-state index in [1.807, 2.05) is 55.5 Å². The minimum Gasteiger partial charge on any atom is -0.481 e. The Morgan fingerprint density at radius 2 is 1.77 bits per heavy atom. The summed E-state index contributed by atoms with van der Waals surface area (Å²) in [6.45, 7) is 5.21. The van der Waals surface area contributed by atoms with E-state index in [1.54, 1.807) is 11.1 Å². The van der Waals surface area contributed by atoms with Crippen LogP contribution >= 0.6 is 0 Å². The number of nitrogens with one attached hydrogen (secondary N) is 2. The number of carboxylic acids is 1. The number of aliphatic carboxylic acids is 1. The van der Waals surface area contributed by atoms with E-state index in [-0.39, 0.29) is 18.2 Å². The van der Waals surface area contributed by atoms with Crippen molar-refractivity contribution in [1.29, 1.82) is 0 Å². The van der Waals surface area contributed by atoms with Crippen LogP contribution in [0.25, 0.3) is 21.9 Å². The number of carbonyl (C=O) groups is 3. The Labute approximate surface area is 252 Å². The van der Waals surface area contributed by atoms with Gasteiger partial charge >= 0.3 is 5.97 Å². The number of amides is 2. The number of hydrogen-bond donors (Lipinski definition) is 3. The first-order valence-corrected chi connectivity index (χ1v) is 14.9. The average Bonchev–Trinajstić information content (AvgIpc) is 3.50. The molecule has 43 heavy (non-hydrogen) atoms. The largest absolute Gasteiger partial charge is 0.481 e. The smallest absolute Gasteiger partial charge is 0.305 e. The van der Waals surface area contributed by atoms with E-state index < -0.39 is 18.1 Å². The molecule has 0 radical (unpaired) electrons. The van der Waals surface area contributed by atoms with Gasteiger partial charge in [-0.1, -0.05) is 60.7 Å². The summed E-state index contributed by atoms with van der Waals surface area (Å²) in [6, 6.07) is 22.7. The summed E-state index contributed by atoms with van der Waals surface area (Å²) >= 11 is 0. The second kappa shape index (κ2) is 13.5. The quantitative estimate of drug-likeness (QED) is 0.187. The van der Waals surface area contributed by atoms with Crippen molar-refractivity contribution in [3.63, 3.8) is 0 Å². The van der Waals surface area contributed by atoms with E-state index >= 15 is 0 Å². The molecule has 0 saturated carbocycles. The van der Waals surface area contributed by atoms with Gasteiger partial charge in [-0.15, -0.1) is 0 Å². The first kappa shape index (κ1) is 29.8. The molecule has 1 saturated heterocycles. The maximum Gasteiger partial charge on any atom is 0.305 e. The predicted molar refractivity (Wildman–Crippen MR) is 169 cm³/mol. The fourth-order valence-corrected chi connectivity index (χ4v) is 5.86. The second-order valence-electron chi connectivity index (χ2n) is 11.3. The van der Waals surface area contributed by atoms with E-state index in [0.29, 0.717) is 37.9 Å². The highest BCUT2D eigenvalue weighted by atomic mass is 16.4. The fraction of sp³-hybridized carbons (Fsp3) is 0.314. The molecule has 3 N–H and O–H groups in total. The zero-order chi connectivity index (χ0) is 30.3. The van der Waals surface area contributed by atoms with Crippen LogP contribution in [0.1, 0.15) is 54.8 Å². The third-order valence-corrected chi connectivity index (χ3v) is 8.13. The zero-order valence-electron chi connectivity index (χ0n) is 24.7. The zero-order valence-corrected chi connectivity index (χ0v) is 24.7. The standard InChI is InChI=1S/C35H38N4O4/c1-23-17-19-37-32(21-23)36-18-5-10-33(40)39-20-6-9-31(39)35(43)38-30(22-34(41)42)26-14-12-25(13-15-26)28-16-11-24(2)27-7-3-4-8-29(27)28/h3-4,7-8,11-17,19,21,30-31H,5-6,9-10,18,20,22H2,1-2H3,(H,36,37)(H,38,43)(H,41,42)/t30-,31-/m0/s1. The lowest BCUT2D eigenvalue weighted by Crippen LogP contribution is -2.47. The summed E-state index contributed by atoms with van der Waals surface area (Å²) in [4.78, 5) is 44.2. The second-order valence-corrected chi connectivity index (χ2v) is 11.3. The molecule has 5 rings (SSSR count). The first-order valence-electron chi connectivity index (χ1n) is 14.9. The van der Waals surface area contributed by atoms with Gasteiger partial charge in [-0.2, -0.15) is 0 Å². The number of rotatable bonds is 11. The Balaban J connectivity index is 1.23. The molecular formula is C35H38N4O4. The first-order chi connectivity index (χ1) is 20.8. The number of carboxylic acid groups (broad SMARTS) is 1. The van der Waals surface area contributed by atoms with Gasteiger partial charge in [0.25, 0.3) is 0 Å². The maximum atomic E-state index is 13.4. The molecule has 2 atom stereocenters. The molecule has 0 aliphatic carbocycles. The molecule has 1 aromatic heterocycles. The van der Waals surface area contributed by atoms with Gasteiger partial charge in [0.2, 0.25) is 11.8 Å². The van der Waals surface area contributed by atoms with E-state index in [0.717, 1.165) is 34.3 Å². The number of aryl methyl sites for hydroxylation is 2. The van der Waals surface area contributed by atoms with Crippen LogP contribution in [0.15, 0.2) is 79.0 Å². The molecule has 2 amide bonds. The molecule has 8 heteroatoms. The van der Waals surface area contributed by atoms with Gasteiger partial charge in [0.15, 0.2) is 0 Å². The molecule has 2 heterocycles. The molecule has 0 bridgehead atoms. The van der Waals surface area contributed by atoms with Crippen LogP contribution in [-0.2, 0) is 14.4 Å². The number of pyridine rings is 1. The number of hydrogen-bond acceptors (Lipinski definition) is 5. The number of likely N-dealkylation sites (tertiary alicyclic amines) is 1. The van der Waals surface area contributed by atoms with Gasteiger partial charge in [-0.25, -0.2) is 4.98 Å². The van der Waals surface area contributed by atoms with Crippen LogP contribution in [-0.4, -0.2) is 51.9 Å². The molecule has 3 aromatic carbocycles. The molecular weight excluding hydrogens is 540 g/mol. The highest BCUT2D eigenvalue weighted by Gasteiger charge is 2.35. The number of benzene rings is 3. The molecule has 0 spiro atoms. The molecule has 4 aromatic rings. The summed E-state index contributed by atoms with van der Waals surface area (Å²) < 4.78 is 0. The Hall–Kier alpha value is -4.72.